The number of halogens is 3. The molecule has 0 bridgehead atoms. The molecule has 0 radical (unpaired) electrons. The number of hydrogen-bond donors (Lipinski definition) is 0. The van der Waals surface area contributed by atoms with Crippen molar-refractivity contribution in [3.05, 3.63) is 41.3 Å². The van der Waals surface area contributed by atoms with Gasteiger partial charge in [-0.25, -0.2) is 0 Å². The van der Waals surface area contributed by atoms with Gasteiger partial charge in [-0.15, -0.1) is 0 Å². The average Bonchev–Trinajstić information content (AvgIpc) is 2.56. The third-order valence-corrected chi connectivity index (χ3v) is 3.45. The SMILES string of the molecule is CCCOC1=C(C(F)(F)F)Oc2ccccc2C1(C=O)OCCC. The molecule has 1 aliphatic heterocycles. The standard InChI is InChI=1S/C17H19F3O4/c1-3-9-22-14-15(17(18,19)20)24-13-8-6-5-7-12(13)16(14,11-21)23-10-4-2/h5-8,11H,3-4,9-10H2,1-2H3. The van der Waals surface area contributed by atoms with Gasteiger partial charge in [0, 0.05) is 12.2 Å². The van der Waals surface area contributed by atoms with Gasteiger partial charge in [0.05, 0.1) is 6.61 Å². The molecule has 1 aliphatic rings. The first-order valence-electron chi connectivity index (χ1n) is 7.73. The molecule has 24 heavy (non-hydrogen) atoms. The molecular formula is C17H19F3O4. The fourth-order valence-electron chi connectivity index (χ4n) is 2.43. The largest absolute Gasteiger partial charge is 0.490 e. The Labute approximate surface area is 138 Å². The van der Waals surface area contributed by atoms with Crippen molar-refractivity contribution in [2.75, 3.05) is 13.2 Å². The molecule has 1 unspecified atom stereocenters. The highest BCUT2D eigenvalue weighted by molar-refractivity contribution is 5.75. The van der Waals surface area contributed by atoms with Gasteiger partial charge in [-0.05, 0) is 18.9 Å². The second kappa shape index (κ2) is 7.25. The maximum atomic E-state index is 13.5. The van der Waals surface area contributed by atoms with Crippen LogP contribution in [0.3, 0.4) is 0 Å². The summed E-state index contributed by atoms with van der Waals surface area (Å²) in [4.78, 5) is 11.9. The summed E-state index contributed by atoms with van der Waals surface area (Å²) in [5, 5.41) is 0. The van der Waals surface area contributed by atoms with E-state index in [1.54, 1.807) is 19.9 Å². The van der Waals surface area contributed by atoms with E-state index in [2.05, 4.69) is 0 Å². The van der Waals surface area contributed by atoms with E-state index in [0.29, 0.717) is 19.1 Å². The van der Waals surface area contributed by atoms with E-state index in [9.17, 15) is 18.0 Å². The van der Waals surface area contributed by atoms with E-state index in [0.717, 1.165) is 0 Å². The molecule has 0 N–H and O–H groups in total. The number of para-hydroxylation sites is 1. The lowest BCUT2D eigenvalue weighted by molar-refractivity contribution is -0.148. The summed E-state index contributed by atoms with van der Waals surface area (Å²) < 4.78 is 56.4. The number of benzene rings is 1. The minimum absolute atomic E-state index is 0.00547. The third kappa shape index (κ3) is 3.26. The summed E-state index contributed by atoms with van der Waals surface area (Å²) in [6.45, 7) is 3.65. The number of allylic oxidation sites excluding steroid dienone is 1. The zero-order valence-corrected chi connectivity index (χ0v) is 13.5. The fraction of sp³-hybridized carbons (Fsp3) is 0.471. The number of carbonyl (C=O) groups is 1. The Hall–Kier alpha value is -2.02. The Kier molecular flexibility index (Phi) is 5.54. The van der Waals surface area contributed by atoms with Crippen LogP contribution in [0.25, 0.3) is 0 Å². The van der Waals surface area contributed by atoms with Crippen LogP contribution in [0.1, 0.15) is 32.3 Å². The molecule has 0 aliphatic carbocycles. The first-order chi connectivity index (χ1) is 11.4. The predicted molar refractivity (Wildman–Crippen MR) is 80.4 cm³/mol. The number of ether oxygens (including phenoxy) is 3. The molecule has 1 aromatic carbocycles. The lowest BCUT2D eigenvalue weighted by atomic mass is 9.89. The van der Waals surface area contributed by atoms with Gasteiger partial charge >= 0.3 is 6.18 Å². The molecule has 2 rings (SSSR count). The van der Waals surface area contributed by atoms with Crippen molar-refractivity contribution >= 4 is 6.29 Å². The fourth-order valence-corrected chi connectivity index (χ4v) is 2.43. The van der Waals surface area contributed by atoms with Gasteiger partial charge in [-0.2, -0.15) is 13.2 Å². The molecule has 4 nitrogen and oxygen atoms in total. The van der Waals surface area contributed by atoms with Gasteiger partial charge in [-0.1, -0.05) is 32.0 Å². The molecule has 1 heterocycles. The quantitative estimate of drug-likeness (QED) is 0.699. The molecule has 0 saturated carbocycles. The van der Waals surface area contributed by atoms with Crippen LogP contribution in [-0.4, -0.2) is 25.7 Å². The van der Waals surface area contributed by atoms with Gasteiger partial charge in [0.2, 0.25) is 11.4 Å². The highest BCUT2D eigenvalue weighted by atomic mass is 19.4. The van der Waals surface area contributed by atoms with E-state index in [1.807, 2.05) is 0 Å². The maximum Gasteiger partial charge on any atom is 0.453 e. The van der Waals surface area contributed by atoms with Gasteiger partial charge in [0.25, 0.3) is 0 Å². The number of aldehydes is 1. The van der Waals surface area contributed by atoms with Crippen molar-refractivity contribution in [3.63, 3.8) is 0 Å². The second-order valence-electron chi connectivity index (χ2n) is 5.30. The van der Waals surface area contributed by atoms with Crippen LogP contribution in [0.2, 0.25) is 0 Å². The first kappa shape index (κ1) is 18.3. The first-order valence-corrected chi connectivity index (χ1v) is 7.73. The number of hydrogen-bond acceptors (Lipinski definition) is 4. The Balaban J connectivity index is 2.69. The summed E-state index contributed by atoms with van der Waals surface area (Å²) in [5.74, 6) is -2.06. The average molecular weight is 344 g/mol. The van der Waals surface area contributed by atoms with E-state index >= 15 is 0 Å². The lowest BCUT2D eigenvalue weighted by Crippen LogP contribution is -2.42. The summed E-state index contributed by atoms with van der Waals surface area (Å²) in [7, 11) is 0. The van der Waals surface area contributed by atoms with E-state index in [4.69, 9.17) is 14.2 Å². The van der Waals surface area contributed by atoms with Crippen LogP contribution in [-0.2, 0) is 19.9 Å². The van der Waals surface area contributed by atoms with E-state index in [-0.39, 0.29) is 24.5 Å². The Morgan fingerprint density at radius 2 is 1.83 bits per heavy atom. The van der Waals surface area contributed by atoms with Crippen LogP contribution in [0, 0.1) is 0 Å². The van der Waals surface area contributed by atoms with Gasteiger partial charge in [0.1, 0.15) is 5.75 Å². The molecular weight excluding hydrogens is 325 g/mol. The maximum absolute atomic E-state index is 13.5. The summed E-state index contributed by atoms with van der Waals surface area (Å²) >= 11 is 0. The van der Waals surface area contributed by atoms with Crippen LogP contribution < -0.4 is 4.74 Å². The Bertz CT molecular complexity index is 625. The van der Waals surface area contributed by atoms with Gasteiger partial charge < -0.3 is 14.2 Å². The molecule has 0 fully saturated rings. The number of carbonyl (C=O) groups excluding carboxylic acids is 1. The van der Waals surface area contributed by atoms with Crippen molar-refractivity contribution in [1.82, 2.24) is 0 Å². The summed E-state index contributed by atoms with van der Waals surface area (Å²) in [5.41, 5.74) is -1.77. The highest BCUT2D eigenvalue weighted by Crippen LogP contribution is 2.48. The predicted octanol–water partition coefficient (Wildman–Crippen LogP) is 4.10. The van der Waals surface area contributed by atoms with Crippen LogP contribution in [0.4, 0.5) is 13.2 Å². The van der Waals surface area contributed by atoms with E-state index < -0.39 is 23.3 Å². The highest BCUT2D eigenvalue weighted by Gasteiger charge is 2.54. The third-order valence-electron chi connectivity index (χ3n) is 3.45. The topological polar surface area (TPSA) is 44.8 Å². The summed E-state index contributed by atoms with van der Waals surface area (Å²) in [6.07, 6.45) is -3.47. The molecule has 7 heteroatoms. The summed E-state index contributed by atoms with van der Waals surface area (Å²) in [6, 6.07) is 6.00. The Morgan fingerprint density at radius 3 is 2.42 bits per heavy atom. The number of fused-ring (bicyclic) bond motifs is 1. The molecule has 1 aromatic rings. The molecule has 0 spiro atoms. The van der Waals surface area contributed by atoms with Crippen molar-refractivity contribution in [1.29, 1.82) is 0 Å². The van der Waals surface area contributed by atoms with Crippen molar-refractivity contribution in [2.24, 2.45) is 0 Å². The van der Waals surface area contributed by atoms with E-state index in [1.165, 1.54) is 18.2 Å². The smallest absolute Gasteiger partial charge is 0.453 e. The zero-order chi connectivity index (χ0) is 17.8. The normalized spacial score (nSPS) is 20.4. The monoisotopic (exact) mass is 344 g/mol. The van der Waals surface area contributed by atoms with Crippen LogP contribution in [0.15, 0.2) is 35.8 Å². The second-order valence-corrected chi connectivity index (χ2v) is 5.30. The minimum atomic E-state index is -4.82. The number of alkyl halides is 3. The molecule has 0 aromatic heterocycles. The molecule has 0 saturated heterocycles. The van der Waals surface area contributed by atoms with Gasteiger partial charge in [-0.3, -0.25) is 4.79 Å². The van der Waals surface area contributed by atoms with Crippen molar-refractivity contribution < 1.29 is 32.2 Å². The van der Waals surface area contributed by atoms with Crippen LogP contribution >= 0.6 is 0 Å². The molecule has 0 amide bonds. The van der Waals surface area contributed by atoms with Gasteiger partial charge in [0.15, 0.2) is 12.0 Å². The Morgan fingerprint density at radius 1 is 1.17 bits per heavy atom. The van der Waals surface area contributed by atoms with Crippen LogP contribution in [0.5, 0.6) is 5.75 Å². The molecule has 132 valence electrons. The van der Waals surface area contributed by atoms with Crippen molar-refractivity contribution in [3.8, 4) is 5.75 Å². The number of rotatable bonds is 7. The minimum Gasteiger partial charge on any atom is -0.490 e. The lowest BCUT2D eigenvalue weighted by Gasteiger charge is -2.37. The molecule has 1 atom stereocenters. The zero-order valence-electron chi connectivity index (χ0n) is 13.5. The van der Waals surface area contributed by atoms with Crippen molar-refractivity contribution in [2.45, 2.75) is 38.5 Å².